The Hall–Kier alpha value is -1.30. The predicted molar refractivity (Wildman–Crippen MR) is 76.0 cm³/mol. The minimum Gasteiger partial charge on any atom is -0.454 e. The lowest BCUT2D eigenvalue weighted by Gasteiger charge is -2.46. The Kier molecular flexibility index (Phi) is 3.58. The summed E-state index contributed by atoms with van der Waals surface area (Å²) in [5.74, 6) is 1.62. The van der Waals surface area contributed by atoms with Gasteiger partial charge in [0, 0.05) is 24.7 Å². The van der Waals surface area contributed by atoms with E-state index in [1.807, 2.05) is 12.1 Å². The van der Waals surface area contributed by atoms with Crippen LogP contribution in [0.4, 0.5) is 0 Å². The van der Waals surface area contributed by atoms with Crippen LogP contribution in [-0.2, 0) is 4.74 Å². The molecule has 0 amide bonds. The number of hydrogen-bond acceptors (Lipinski definition) is 5. The zero-order valence-corrected chi connectivity index (χ0v) is 12.1. The van der Waals surface area contributed by atoms with E-state index < -0.39 is 0 Å². The molecule has 1 aromatic rings. The molecule has 0 aromatic heterocycles. The fraction of sp³-hybridized carbons (Fsp3) is 0.600. The second-order valence-electron chi connectivity index (χ2n) is 5.92. The summed E-state index contributed by atoms with van der Waals surface area (Å²) in [4.78, 5) is 2.42. The van der Waals surface area contributed by atoms with Crippen LogP contribution in [-0.4, -0.2) is 43.5 Å². The summed E-state index contributed by atoms with van der Waals surface area (Å²) in [6, 6.07) is 6.26. The zero-order valence-electron chi connectivity index (χ0n) is 12.1. The molecule has 0 bridgehead atoms. The van der Waals surface area contributed by atoms with Crippen LogP contribution in [0.3, 0.4) is 0 Å². The van der Waals surface area contributed by atoms with E-state index in [0.29, 0.717) is 13.3 Å². The van der Waals surface area contributed by atoms with E-state index in [1.165, 1.54) is 5.56 Å². The maximum atomic E-state index is 6.05. The Morgan fingerprint density at radius 1 is 1.30 bits per heavy atom. The van der Waals surface area contributed by atoms with Gasteiger partial charge in [0.15, 0.2) is 11.5 Å². The first-order chi connectivity index (χ1) is 9.62. The maximum absolute atomic E-state index is 6.05. The van der Waals surface area contributed by atoms with Gasteiger partial charge in [0.25, 0.3) is 0 Å². The number of morpholine rings is 1. The third kappa shape index (κ3) is 2.37. The molecule has 0 spiro atoms. The smallest absolute Gasteiger partial charge is 0.231 e. The van der Waals surface area contributed by atoms with Gasteiger partial charge in [0.05, 0.1) is 13.2 Å². The molecular formula is C15H22N2O3. The summed E-state index contributed by atoms with van der Waals surface area (Å²) in [6.07, 6.45) is 0. The van der Waals surface area contributed by atoms with Gasteiger partial charge in [0.1, 0.15) is 0 Å². The molecule has 110 valence electrons. The average Bonchev–Trinajstić information content (AvgIpc) is 2.89. The van der Waals surface area contributed by atoms with Crippen LogP contribution in [0.1, 0.15) is 25.5 Å². The molecule has 5 nitrogen and oxygen atoms in total. The molecule has 0 radical (unpaired) electrons. The van der Waals surface area contributed by atoms with Crippen LogP contribution in [0.15, 0.2) is 18.2 Å². The molecular weight excluding hydrogens is 256 g/mol. The number of ether oxygens (including phenoxy) is 3. The lowest BCUT2D eigenvalue weighted by Crippen LogP contribution is -2.55. The molecule has 20 heavy (non-hydrogen) atoms. The highest BCUT2D eigenvalue weighted by molar-refractivity contribution is 5.45. The number of benzene rings is 1. The summed E-state index contributed by atoms with van der Waals surface area (Å²) in [5, 5.41) is 0. The van der Waals surface area contributed by atoms with Crippen molar-refractivity contribution >= 4 is 0 Å². The Bertz CT molecular complexity index is 490. The summed E-state index contributed by atoms with van der Waals surface area (Å²) >= 11 is 0. The van der Waals surface area contributed by atoms with Crippen LogP contribution in [0, 0.1) is 0 Å². The first-order valence-corrected chi connectivity index (χ1v) is 7.06. The van der Waals surface area contributed by atoms with Crippen molar-refractivity contribution in [3.05, 3.63) is 23.8 Å². The summed E-state index contributed by atoms with van der Waals surface area (Å²) < 4.78 is 16.4. The quantitative estimate of drug-likeness (QED) is 0.908. The molecule has 2 aliphatic heterocycles. The van der Waals surface area contributed by atoms with Crippen molar-refractivity contribution in [1.82, 2.24) is 4.90 Å². The first kappa shape index (κ1) is 13.7. The molecule has 5 heteroatoms. The van der Waals surface area contributed by atoms with E-state index in [2.05, 4.69) is 24.8 Å². The van der Waals surface area contributed by atoms with Crippen LogP contribution < -0.4 is 15.2 Å². The summed E-state index contributed by atoms with van der Waals surface area (Å²) in [5.41, 5.74) is 7.21. The van der Waals surface area contributed by atoms with Crippen molar-refractivity contribution in [3.63, 3.8) is 0 Å². The zero-order chi connectivity index (χ0) is 14.2. The second-order valence-corrected chi connectivity index (χ2v) is 5.92. The lowest BCUT2D eigenvalue weighted by molar-refractivity contribution is -0.0712. The highest BCUT2D eigenvalue weighted by atomic mass is 16.7. The van der Waals surface area contributed by atoms with Gasteiger partial charge in [-0.25, -0.2) is 0 Å². The molecule has 1 saturated heterocycles. The molecule has 0 saturated carbocycles. The van der Waals surface area contributed by atoms with E-state index in [4.69, 9.17) is 19.9 Å². The maximum Gasteiger partial charge on any atom is 0.231 e. The highest BCUT2D eigenvalue weighted by Crippen LogP contribution is 2.37. The minimum absolute atomic E-state index is 0.0152. The number of nitrogens with zero attached hydrogens (tertiary/aromatic N) is 1. The van der Waals surface area contributed by atoms with Gasteiger partial charge in [0.2, 0.25) is 6.79 Å². The lowest BCUT2D eigenvalue weighted by atomic mass is 9.95. The van der Waals surface area contributed by atoms with Crippen LogP contribution in [0.25, 0.3) is 0 Å². The van der Waals surface area contributed by atoms with Gasteiger partial charge in [-0.15, -0.1) is 0 Å². The molecule has 3 rings (SSSR count). The standard InChI is InChI=1S/C15H22N2O3/c1-15(2)9-18-6-5-17(15)12(8-16)11-3-4-13-14(7-11)20-10-19-13/h3-4,7,12H,5-6,8-10,16H2,1-2H3. The molecule has 1 aromatic carbocycles. The topological polar surface area (TPSA) is 57.0 Å². The second kappa shape index (κ2) is 5.24. The van der Waals surface area contributed by atoms with Crippen molar-refractivity contribution in [2.45, 2.75) is 25.4 Å². The van der Waals surface area contributed by atoms with Crippen molar-refractivity contribution < 1.29 is 14.2 Å². The SMILES string of the molecule is CC1(C)COCCN1C(CN)c1ccc2c(c1)OCO2. The third-order valence-electron chi connectivity index (χ3n) is 4.09. The average molecular weight is 278 g/mol. The molecule has 2 aliphatic rings. The van der Waals surface area contributed by atoms with Gasteiger partial charge in [-0.05, 0) is 31.5 Å². The highest BCUT2D eigenvalue weighted by Gasteiger charge is 2.36. The Morgan fingerprint density at radius 2 is 2.10 bits per heavy atom. The fourth-order valence-electron chi connectivity index (χ4n) is 3.01. The van der Waals surface area contributed by atoms with Gasteiger partial charge < -0.3 is 19.9 Å². The Balaban J connectivity index is 1.89. The molecule has 0 aliphatic carbocycles. The molecule has 1 atom stereocenters. The monoisotopic (exact) mass is 278 g/mol. The van der Waals surface area contributed by atoms with E-state index in [0.717, 1.165) is 31.3 Å². The van der Waals surface area contributed by atoms with Gasteiger partial charge in [-0.1, -0.05) is 6.07 Å². The van der Waals surface area contributed by atoms with Crippen LogP contribution >= 0.6 is 0 Å². The van der Waals surface area contributed by atoms with Crippen molar-refractivity contribution in [3.8, 4) is 11.5 Å². The van der Waals surface area contributed by atoms with E-state index in [-0.39, 0.29) is 11.6 Å². The Morgan fingerprint density at radius 3 is 2.85 bits per heavy atom. The summed E-state index contributed by atoms with van der Waals surface area (Å²) in [7, 11) is 0. The van der Waals surface area contributed by atoms with Crippen molar-refractivity contribution in [1.29, 1.82) is 0 Å². The van der Waals surface area contributed by atoms with E-state index in [1.54, 1.807) is 0 Å². The van der Waals surface area contributed by atoms with Crippen molar-refractivity contribution in [2.24, 2.45) is 5.73 Å². The largest absolute Gasteiger partial charge is 0.454 e. The van der Waals surface area contributed by atoms with Gasteiger partial charge in [-0.3, -0.25) is 4.90 Å². The normalized spacial score (nSPS) is 22.8. The predicted octanol–water partition coefficient (Wildman–Crippen LogP) is 1.53. The van der Waals surface area contributed by atoms with Crippen molar-refractivity contribution in [2.75, 3.05) is 33.1 Å². The minimum atomic E-state index is -0.0152. The summed E-state index contributed by atoms with van der Waals surface area (Å²) in [6.45, 7) is 7.64. The molecule has 2 N–H and O–H groups in total. The van der Waals surface area contributed by atoms with Crippen LogP contribution in [0.2, 0.25) is 0 Å². The van der Waals surface area contributed by atoms with Crippen LogP contribution in [0.5, 0.6) is 11.5 Å². The molecule has 1 fully saturated rings. The number of hydrogen-bond donors (Lipinski definition) is 1. The molecule has 2 heterocycles. The van der Waals surface area contributed by atoms with Gasteiger partial charge >= 0.3 is 0 Å². The number of nitrogens with two attached hydrogens (primary N) is 1. The number of rotatable bonds is 3. The fourth-order valence-corrected chi connectivity index (χ4v) is 3.01. The molecule has 1 unspecified atom stereocenters. The third-order valence-corrected chi connectivity index (χ3v) is 4.09. The number of fused-ring (bicyclic) bond motifs is 1. The first-order valence-electron chi connectivity index (χ1n) is 7.06. The Labute approximate surface area is 119 Å². The van der Waals surface area contributed by atoms with E-state index >= 15 is 0 Å². The van der Waals surface area contributed by atoms with E-state index in [9.17, 15) is 0 Å². The van der Waals surface area contributed by atoms with Gasteiger partial charge in [-0.2, -0.15) is 0 Å².